The Morgan fingerprint density at radius 3 is 2.02 bits per heavy atom. The lowest BCUT2D eigenvalue weighted by Gasteiger charge is -2.46. The van der Waals surface area contributed by atoms with Gasteiger partial charge in [0, 0.05) is 13.1 Å². The molecule has 1 amide bonds. The van der Waals surface area contributed by atoms with Crippen LogP contribution < -0.4 is 16.4 Å². The van der Waals surface area contributed by atoms with Gasteiger partial charge in [-0.3, -0.25) is 4.79 Å². The largest absolute Gasteiger partial charge is 0.394 e. The summed E-state index contributed by atoms with van der Waals surface area (Å²) in [4.78, 5) is 12.4. The van der Waals surface area contributed by atoms with Crippen molar-refractivity contribution in [3.63, 3.8) is 0 Å². The summed E-state index contributed by atoms with van der Waals surface area (Å²) in [5.74, 6) is -1.04. The minimum Gasteiger partial charge on any atom is -0.394 e. The average Bonchev–Trinajstić information content (AvgIpc) is 3.01. The van der Waals surface area contributed by atoms with Crippen LogP contribution in [0.3, 0.4) is 0 Å². The molecule has 43 heavy (non-hydrogen) atoms. The maximum absolute atomic E-state index is 12.4. The van der Waals surface area contributed by atoms with E-state index in [1.807, 2.05) is 0 Å². The Balaban J connectivity index is 2.05. The van der Waals surface area contributed by atoms with Crippen molar-refractivity contribution in [2.45, 2.75) is 98.7 Å². The molecule has 19 nitrogen and oxygen atoms in total. The fourth-order valence-corrected chi connectivity index (χ4v) is 4.56. The summed E-state index contributed by atoms with van der Waals surface area (Å²) in [6, 6.07) is 0. The Hall–Kier alpha value is -1.21. The minimum absolute atomic E-state index is 0.0734. The standard InChI is InChI=1S/C24H47N3O16/c25-3-1-2-4-26-5-6-27-22(39)17(36)15(34)20(10(31)7-28)42-24-19(38)16(35)21(12(9-30)41-24)43-23-18(37)14(33)13(32)11(8-29)40-23/h10-21,23-24,26,28-38H,1-9,25H2,(H,27,39)/t10?,11?,12?,13-,14+,15-,16-,17?,18+,19+,20-,21-,23?,24?/m1/s1. The molecule has 2 saturated heterocycles. The summed E-state index contributed by atoms with van der Waals surface area (Å²) in [5.41, 5.74) is 5.41. The molecule has 15 N–H and O–H groups in total. The number of rotatable bonds is 18. The maximum atomic E-state index is 12.4. The first kappa shape index (κ1) is 38.0. The number of hydrogen-bond donors (Lipinski definition) is 14. The molecule has 0 aliphatic carbocycles. The average molecular weight is 634 g/mol. The van der Waals surface area contributed by atoms with Crippen molar-refractivity contribution in [3.05, 3.63) is 0 Å². The van der Waals surface area contributed by atoms with E-state index in [0.29, 0.717) is 19.6 Å². The molecule has 0 aromatic carbocycles. The van der Waals surface area contributed by atoms with Crippen LogP contribution in [0.2, 0.25) is 0 Å². The molecule has 2 aliphatic heterocycles. The van der Waals surface area contributed by atoms with Gasteiger partial charge in [-0.1, -0.05) is 0 Å². The SMILES string of the molecule is NCCCCNCCNC(=O)C(O)[C@@H](O)[C@H](OC1OC(CO)[C@@H](OC2OC(CO)[C@@H](O)[C@H](O)[C@@H]2O)[C@H](O)[C@@H]1O)C(O)CO. The second kappa shape index (κ2) is 18.7. The predicted molar refractivity (Wildman–Crippen MR) is 141 cm³/mol. The molecule has 0 spiro atoms. The summed E-state index contributed by atoms with van der Waals surface area (Å²) < 4.78 is 21.5. The van der Waals surface area contributed by atoms with Crippen molar-refractivity contribution >= 4 is 5.91 Å². The van der Waals surface area contributed by atoms with E-state index in [0.717, 1.165) is 12.8 Å². The van der Waals surface area contributed by atoms with Gasteiger partial charge in [0.15, 0.2) is 18.7 Å². The number of carbonyl (C=O) groups is 1. The fourth-order valence-electron chi connectivity index (χ4n) is 4.56. The van der Waals surface area contributed by atoms with E-state index in [9.17, 15) is 61.0 Å². The number of unbranched alkanes of at least 4 members (excludes halogenated alkanes) is 1. The monoisotopic (exact) mass is 633 g/mol. The topological polar surface area (TPSA) is 327 Å². The van der Waals surface area contributed by atoms with E-state index in [2.05, 4.69) is 10.6 Å². The van der Waals surface area contributed by atoms with Crippen LogP contribution in [0.1, 0.15) is 12.8 Å². The van der Waals surface area contributed by atoms with Gasteiger partial charge in [0.25, 0.3) is 5.91 Å². The molecule has 0 bridgehead atoms. The Morgan fingerprint density at radius 2 is 1.42 bits per heavy atom. The lowest BCUT2D eigenvalue weighted by atomic mass is 9.96. The van der Waals surface area contributed by atoms with Crippen LogP contribution in [0.5, 0.6) is 0 Å². The third-order valence-electron chi connectivity index (χ3n) is 7.16. The lowest BCUT2D eigenvalue weighted by Crippen LogP contribution is -2.65. The Bertz CT molecular complexity index is 800. The molecule has 19 heteroatoms. The fraction of sp³-hybridized carbons (Fsp3) is 0.958. The van der Waals surface area contributed by atoms with Gasteiger partial charge in [0.05, 0.1) is 19.8 Å². The van der Waals surface area contributed by atoms with E-state index < -0.39 is 112 Å². The highest BCUT2D eigenvalue weighted by Crippen LogP contribution is 2.30. The normalized spacial score (nSPS) is 36.1. The van der Waals surface area contributed by atoms with Gasteiger partial charge in [-0.25, -0.2) is 0 Å². The molecule has 6 unspecified atom stereocenters. The Kier molecular flexibility index (Phi) is 16.5. The predicted octanol–water partition coefficient (Wildman–Crippen LogP) is -8.48. The zero-order valence-corrected chi connectivity index (χ0v) is 23.5. The van der Waals surface area contributed by atoms with Crippen LogP contribution >= 0.6 is 0 Å². The first-order valence-corrected chi connectivity index (χ1v) is 14.0. The molecule has 0 aromatic rings. The molecular weight excluding hydrogens is 586 g/mol. The van der Waals surface area contributed by atoms with E-state index >= 15 is 0 Å². The number of amides is 1. The summed E-state index contributed by atoms with van der Waals surface area (Å²) in [6.07, 6.45) is -24.3. The minimum atomic E-state index is -2.18. The summed E-state index contributed by atoms with van der Waals surface area (Å²) in [6.45, 7) is -1.09. The summed E-state index contributed by atoms with van der Waals surface area (Å²) in [5, 5.41) is 117. The number of carbonyl (C=O) groups excluding carboxylic acids is 1. The van der Waals surface area contributed by atoms with Gasteiger partial charge >= 0.3 is 0 Å². The Morgan fingerprint density at radius 1 is 0.791 bits per heavy atom. The lowest BCUT2D eigenvalue weighted by molar-refractivity contribution is -0.367. The highest BCUT2D eigenvalue weighted by atomic mass is 16.7. The van der Waals surface area contributed by atoms with Gasteiger partial charge in [-0.15, -0.1) is 0 Å². The smallest absolute Gasteiger partial charge is 0.251 e. The third kappa shape index (κ3) is 10.1. The Labute approximate surface area is 247 Å². The third-order valence-corrected chi connectivity index (χ3v) is 7.16. The van der Waals surface area contributed by atoms with Crippen LogP contribution in [-0.4, -0.2) is 194 Å². The molecule has 2 fully saturated rings. The molecular formula is C24H47N3O16. The van der Waals surface area contributed by atoms with Gasteiger partial charge in [0.2, 0.25) is 0 Å². The zero-order chi connectivity index (χ0) is 32.3. The molecule has 254 valence electrons. The van der Waals surface area contributed by atoms with E-state index in [1.165, 1.54) is 0 Å². The number of nitrogens with one attached hydrogen (secondary N) is 2. The summed E-state index contributed by atoms with van der Waals surface area (Å²) >= 11 is 0. The van der Waals surface area contributed by atoms with Crippen molar-refractivity contribution in [2.24, 2.45) is 5.73 Å². The van der Waals surface area contributed by atoms with E-state index in [1.54, 1.807) is 0 Å². The van der Waals surface area contributed by atoms with Crippen molar-refractivity contribution in [2.75, 3.05) is 46.0 Å². The van der Waals surface area contributed by atoms with Gasteiger partial charge in [-0.05, 0) is 25.9 Å². The van der Waals surface area contributed by atoms with Gasteiger partial charge in [-0.2, -0.15) is 0 Å². The van der Waals surface area contributed by atoms with Crippen molar-refractivity contribution in [1.82, 2.24) is 10.6 Å². The molecule has 2 aliphatic rings. The maximum Gasteiger partial charge on any atom is 0.251 e. The van der Waals surface area contributed by atoms with Crippen LogP contribution in [0.15, 0.2) is 0 Å². The molecule has 0 saturated carbocycles. The quantitative estimate of drug-likeness (QED) is 0.0623. The second-order valence-corrected chi connectivity index (χ2v) is 10.3. The highest BCUT2D eigenvalue weighted by Gasteiger charge is 2.52. The van der Waals surface area contributed by atoms with Crippen LogP contribution in [-0.2, 0) is 23.7 Å². The van der Waals surface area contributed by atoms with Gasteiger partial charge in [0.1, 0.15) is 67.1 Å². The van der Waals surface area contributed by atoms with E-state index in [4.69, 9.17) is 24.7 Å². The zero-order valence-electron chi connectivity index (χ0n) is 23.5. The second-order valence-electron chi connectivity index (χ2n) is 10.3. The number of aliphatic hydroxyl groups excluding tert-OH is 11. The summed E-state index contributed by atoms with van der Waals surface area (Å²) in [7, 11) is 0. The van der Waals surface area contributed by atoms with E-state index in [-0.39, 0.29) is 6.54 Å². The molecule has 0 radical (unpaired) electrons. The van der Waals surface area contributed by atoms with Gasteiger partial charge < -0.3 is 91.5 Å². The van der Waals surface area contributed by atoms with Crippen molar-refractivity contribution in [1.29, 1.82) is 0 Å². The first-order valence-electron chi connectivity index (χ1n) is 14.0. The molecule has 2 rings (SSSR count). The molecule has 14 atom stereocenters. The number of ether oxygens (including phenoxy) is 4. The highest BCUT2D eigenvalue weighted by molar-refractivity contribution is 5.81. The van der Waals surface area contributed by atoms with Crippen molar-refractivity contribution < 1.29 is 79.9 Å². The number of aliphatic hydroxyl groups is 11. The van der Waals surface area contributed by atoms with Crippen LogP contribution in [0.4, 0.5) is 0 Å². The van der Waals surface area contributed by atoms with Crippen LogP contribution in [0, 0.1) is 0 Å². The van der Waals surface area contributed by atoms with Crippen LogP contribution in [0.25, 0.3) is 0 Å². The number of hydrogen-bond acceptors (Lipinski definition) is 18. The number of nitrogens with two attached hydrogens (primary N) is 1. The van der Waals surface area contributed by atoms with Crippen molar-refractivity contribution in [3.8, 4) is 0 Å². The molecule has 2 heterocycles. The first-order chi connectivity index (χ1) is 20.4. The molecule has 0 aromatic heterocycles.